The van der Waals surface area contributed by atoms with E-state index in [1.165, 1.54) is 12.8 Å². The molecule has 1 unspecified atom stereocenters. The van der Waals surface area contributed by atoms with Crippen LogP contribution in [0, 0.1) is 0 Å². The number of hydrogen-bond acceptors (Lipinski definition) is 4. The van der Waals surface area contributed by atoms with Crippen molar-refractivity contribution in [3.8, 4) is 11.5 Å². The van der Waals surface area contributed by atoms with Crippen LogP contribution in [0.4, 0.5) is 5.69 Å². The van der Waals surface area contributed by atoms with Crippen LogP contribution >= 0.6 is 0 Å². The lowest BCUT2D eigenvalue weighted by molar-refractivity contribution is -0.115. The SMILES string of the molecule is CCCCC(C)NCC(=O)Nc1ccc2c(c1)OCCO2. The molecular weight excluding hydrogens is 268 g/mol. The number of amides is 1. The van der Waals surface area contributed by atoms with E-state index >= 15 is 0 Å². The molecule has 1 aliphatic heterocycles. The van der Waals surface area contributed by atoms with Gasteiger partial charge in [-0.25, -0.2) is 0 Å². The number of carbonyl (C=O) groups excluding carboxylic acids is 1. The molecule has 1 aromatic carbocycles. The number of nitrogens with one attached hydrogen (secondary N) is 2. The lowest BCUT2D eigenvalue weighted by atomic mass is 10.1. The van der Waals surface area contributed by atoms with Crippen LogP contribution in [0.2, 0.25) is 0 Å². The van der Waals surface area contributed by atoms with Gasteiger partial charge >= 0.3 is 0 Å². The molecule has 1 atom stereocenters. The van der Waals surface area contributed by atoms with Crippen molar-refractivity contribution in [1.29, 1.82) is 0 Å². The van der Waals surface area contributed by atoms with E-state index in [-0.39, 0.29) is 5.91 Å². The van der Waals surface area contributed by atoms with Crippen LogP contribution in [0.5, 0.6) is 11.5 Å². The van der Waals surface area contributed by atoms with Crippen LogP contribution in [-0.2, 0) is 4.79 Å². The van der Waals surface area contributed by atoms with Crippen molar-refractivity contribution in [2.75, 3.05) is 25.1 Å². The summed E-state index contributed by atoms with van der Waals surface area (Å²) < 4.78 is 10.9. The number of hydrogen-bond donors (Lipinski definition) is 2. The van der Waals surface area contributed by atoms with E-state index in [4.69, 9.17) is 9.47 Å². The third-order valence-electron chi connectivity index (χ3n) is 3.43. The lowest BCUT2D eigenvalue weighted by Gasteiger charge is -2.19. The zero-order chi connectivity index (χ0) is 15.1. The van der Waals surface area contributed by atoms with Crippen LogP contribution in [-0.4, -0.2) is 31.7 Å². The molecule has 1 amide bonds. The fourth-order valence-electron chi connectivity index (χ4n) is 2.21. The molecule has 116 valence electrons. The van der Waals surface area contributed by atoms with Crippen molar-refractivity contribution in [1.82, 2.24) is 5.32 Å². The van der Waals surface area contributed by atoms with E-state index in [9.17, 15) is 4.79 Å². The van der Waals surface area contributed by atoms with Gasteiger partial charge in [-0.05, 0) is 25.5 Å². The molecule has 0 aliphatic carbocycles. The van der Waals surface area contributed by atoms with E-state index in [2.05, 4.69) is 24.5 Å². The molecule has 5 nitrogen and oxygen atoms in total. The summed E-state index contributed by atoms with van der Waals surface area (Å²) in [7, 11) is 0. The monoisotopic (exact) mass is 292 g/mol. The number of ether oxygens (including phenoxy) is 2. The van der Waals surface area contributed by atoms with Crippen LogP contribution in [0.1, 0.15) is 33.1 Å². The second kappa shape index (κ2) is 7.88. The normalized spacial score (nSPS) is 14.6. The highest BCUT2D eigenvalue weighted by Gasteiger charge is 2.13. The van der Waals surface area contributed by atoms with Crippen molar-refractivity contribution in [3.05, 3.63) is 18.2 Å². The average molecular weight is 292 g/mol. The van der Waals surface area contributed by atoms with E-state index in [1.807, 2.05) is 12.1 Å². The van der Waals surface area contributed by atoms with Gasteiger partial charge in [-0.3, -0.25) is 4.79 Å². The van der Waals surface area contributed by atoms with Crippen LogP contribution in [0.3, 0.4) is 0 Å². The average Bonchev–Trinajstić information content (AvgIpc) is 2.50. The minimum atomic E-state index is -0.0463. The molecular formula is C16H24N2O3. The number of anilines is 1. The first-order valence-electron chi connectivity index (χ1n) is 7.62. The fraction of sp³-hybridized carbons (Fsp3) is 0.562. The maximum atomic E-state index is 11.9. The fourth-order valence-corrected chi connectivity index (χ4v) is 2.21. The highest BCUT2D eigenvalue weighted by Crippen LogP contribution is 2.32. The molecule has 0 aromatic heterocycles. The predicted octanol–water partition coefficient (Wildman–Crippen LogP) is 2.56. The summed E-state index contributed by atoms with van der Waals surface area (Å²) in [5.41, 5.74) is 0.729. The number of benzene rings is 1. The van der Waals surface area contributed by atoms with E-state index < -0.39 is 0 Å². The third-order valence-corrected chi connectivity index (χ3v) is 3.43. The summed E-state index contributed by atoms with van der Waals surface area (Å²) in [6.07, 6.45) is 3.45. The number of rotatable bonds is 7. The van der Waals surface area contributed by atoms with Crippen LogP contribution < -0.4 is 20.1 Å². The highest BCUT2D eigenvalue weighted by atomic mass is 16.6. The molecule has 1 aromatic rings. The molecule has 0 fully saturated rings. The molecule has 0 saturated carbocycles. The highest BCUT2D eigenvalue weighted by molar-refractivity contribution is 5.92. The van der Waals surface area contributed by atoms with Gasteiger partial charge in [-0.15, -0.1) is 0 Å². The van der Waals surface area contributed by atoms with Gasteiger partial charge in [-0.2, -0.15) is 0 Å². The smallest absolute Gasteiger partial charge is 0.238 e. The molecule has 1 aliphatic rings. The quantitative estimate of drug-likeness (QED) is 0.811. The maximum Gasteiger partial charge on any atom is 0.238 e. The van der Waals surface area contributed by atoms with Crippen molar-refractivity contribution < 1.29 is 14.3 Å². The zero-order valence-electron chi connectivity index (χ0n) is 12.8. The lowest BCUT2D eigenvalue weighted by Crippen LogP contribution is -2.34. The van der Waals surface area contributed by atoms with E-state index in [1.54, 1.807) is 6.07 Å². The van der Waals surface area contributed by atoms with E-state index in [0.717, 1.165) is 17.9 Å². The minimum Gasteiger partial charge on any atom is -0.486 e. The second-order valence-electron chi connectivity index (χ2n) is 5.33. The van der Waals surface area contributed by atoms with Crippen molar-refractivity contribution in [3.63, 3.8) is 0 Å². The second-order valence-corrected chi connectivity index (χ2v) is 5.33. The van der Waals surface area contributed by atoms with Gasteiger partial charge in [0, 0.05) is 17.8 Å². The molecule has 0 saturated heterocycles. The molecule has 21 heavy (non-hydrogen) atoms. The number of carbonyl (C=O) groups is 1. The first-order chi connectivity index (χ1) is 10.2. The molecule has 2 N–H and O–H groups in total. The van der Waals surface area contributed by atoms with Crippen LogP contribution in [0.25, 0.3) is 0 Å². The van der Waals surface area contributed by atoms with E-state index in [0.29, 0.717) is 31.5 Å². The van der Waals surface area contributed by atoms with Gasteiger partial charge in [-0.1, -0.05) is 19.8 Å². The van der Waals surface area contributed by atoms with Gasteiger partial charge in [0.2, 0.25) is 5.91 Å². The van der Waals surface area contributed by atoms with Gasteiger partial charge in [0.25, 0.3) is 0 Å². The predicted molar refractivity (Wildman–Crippen MR) is 83.1 cm³/mol. The Morgan fingerprint density at radius 3 is 2.81 bits per heavy atom. The molecule has 2 rings (SSSR count). The zero-order valence-corrected chi connectivity index (χ0v) is 12.8. The molecule has 5 heteroatoms. The molecule has 1 heterocycles. The summed E-state index contributed by atoms with van der Waals surface area (Å²) in [5, 5.41) is 6.10. The Hall–Kier alpha value is -1.75. The first-order valence-corrected chi connectivity index (χ1v) is 7.62. The Labute approximate surface area is 126 Å². The Bertz CT molecular complexity index is 477. The maximum absolute atomic E-state index is 11.9. The van der Waals surface area contributed by atoms with Gasteiger partial charge in [0.1, 0.15) is 13.2 Å². The summed E-state index contributed by atoms with van der Waals surface area (Å²) >= 11 is 0. The largest absolute Gasteiger partial charge is 0.486 e. The summed E-state index contributed by atoms with van der Waals surface area (Å²) in [4.78, 5) is 11.9. The van der Waals surface area contributed by atoms with Crippen LogP contribution in [0.15, 0.2) is 18.2 Å². The van der Waals surface area contributed by atoms with Crippen molar-refractivity contribution >= 4 is 11.6 Å². The van der Waals surface area contributed by atoms with Crippen molar-refractivity contribution in [2.24, 2.45) is 0 Å². The Morgan fingerprint density at radius 2 is 2.05 bits per heavy atom. The van der Waals surface area contributed by atoms with Gasteiger partial charge < -0.3 is 20.1 Å². The summed E-state index contributed by atoms with van der Waals surface area (Å²) in [6.45, 7) is 5.70. The standard InChI is InChI=1S/C16H24N2O3/c1-3-4-5-12(2)17-11-16(19)18-13-6-7-14-15(10-13)21-9-8-20-14/h6-7,10,12,17H,3-5,8-9,11H2,1-2H3,(H,18,19). The minimum absolute atomic E-state index is 0.0463. The first kappa shape index (κ1) is 15.6. The summed E-state index contributed by atoms with van der Waals surface area (Å²) in [5.74, 6) is 1.36. The number of fused-ring (bicyclic) bond motifs is 1. The van der Waals surface area contributed by atoms with Crippen molar-refractivity contribution in [2.45, 2.75) is 39.2 Å². The number of unbranched alkanes of at least 4 members (excludes halogenated alkanes) is 1. The molecule has 0 radical (unpaired) electrons. The Kier molecular flexibility index (Phi) is 5.87. The van der Waals surface area contributed by atoms with Gasteiger partial charge in [0.15, 0.2) is 11.5 Å². The third kappa shape index (κ3) is 4.93. The molecule has 0 bridgehead atoms. The summed E-state index contributed by atoms with van der Waals surface area (Å²) in [6, 6.07) is 5.80. The molecule has 0 spiro atoms. The Morgan fingerprint density at radius 1 is 1.29 bits per heavy atom. The Balaban J connectivity index is 1.80. The van der Waals surface area contributed by atoms with Gasteiger partial charge in [0.05, 0.1) is 6.54 Å². The topological polar surface area (TPSA) is 59.6 Å².